The molecule has 2 N–H and O–H groups in total. The van der Waals surface area contributed by atoms with Gasteiger partial charge in [-0.1, -0.05) is 24.3 Å². The van der Waals surface area contributed by atoms with Gasteiger partial charge < -0.3 is 10.3 Å². The summed E-state index contributed by atoms with van der Waals surface area (Å²) in [6.07, 6.45) is 4.07. The second-order valence-corrected chi connectivity index (χ2v) is 3.24. The lowest BCUT2D eigenvalue weighted by molar-refractivity contribution is 0.964. The van der Waals surface area contributed by atoms with Gasteiger partial charge in [-0.05, 0) is 13.0 Å². The maximum Gasteiger partial charge on any atom is 0.200 e. The lowest BCUT2D eigenvalue weighted by Crippen LogP contribution is -1.96. The molecule has 0 saturated carbocycles. The summed E-state index contributed by atoms with van der Waals surface area (Å²) in [6, 6.07) is 6.02. The molecule has 0 spiro atoms. The van der Waals surface area contributed by atoms with E-state index in [-0.39, 0.29) is 0 Å². The molecule has 0 bridgehead atoms. The first kappa shape index (κ1) is 8.81. The molecule has 0 fully saturated rings. The SMILES string of the molecule is C/C=C/c1cccc2nc(N)n(C)c12. The minimum atomic E-state index is 0.553. The summed E-state index contributed by atoms with van der Waals surface area (Å²) < 4.78 is 1.91. The van der Waals surface area contributed by atoms with Gasteiger partial charge in [-0.15, -0.1) is 0 Å². The van der Waals surface area contributed by atoms with Crippen molar-refractivity contribution < 1.29 is 0 Å². The Morgan fingerprint density at radius 3 is 2.93 bits per heavy atom. The molecular weight excluding hydrogens is 174 g/mol. The van der Waals surface area contributed by atoms with Crippen LogP contribution in [0.5, 0.6) is 0 Å². The average molecular weight is 187 g/mol. The summed E-state index contributed by atoms with van der Waals surface area (Å²) in [6.45, 7) is 2.00. The minimum absolute atomic E-state index is 0.553. The van der Waals surface area contributed by atoms with E-state index in [9.17, 15) is 0 Å². The summed E-state index contributed by atoms with van der Waals surface area (Å²) >= 11 is 0. The fraction of sp³-hybridized carbons (Fsp3) is 0.182. The quantitative estimate of drug-likeness (QED) is 0.743. The molecule has 3 nitrogen and oxygen atoms in total. The maximum absolute atomic E-state index is 5.75. The van der Waals surface area contributed by atoms with Crippen LogP contribution in [0.25, 0.3) is 17.1 Å². The van der Waals surface area contributed by atoms with Gasteiger partial charge in [0.05, 0.1) is 11.0 Å². The van der Waals surface area contributed by atoms with E-state index in [4.69, 9.17) is 5.73 Å². The molecule has 0 aliphatic carbocycles. The molecule has 14 heavy (non-hydrogen) atoms. The molecule has 1 aromatic heterocycles. The first-order valence-electron chi connectivity index (χ1n) is 4.57. The van der Waals surface area contributed by atoms with Crippen molar-refractivity contribution in [1.29, 1.82) is 0 Å². The first-order valence-corrected chi connectivity index (χ1v) is 4.57. The molecule has 0 radical (unpaired) electrons. The number of hydrogen-bond acceptors (Lipinski definition) is 2. The predicted molar refractivity (Wildman–Crippen MR) is 59.8 cm³/mol. The van der Waals surface area contributed by atoms with Crippen LogP contribution in [0.3, 0.4) is 0 Å². The highest BCUT2D eigenvalue weighted by molar-refractivity contribution is 5.87. The third kappa shape index (κ3) is 1.18. The molecule has 2 aromatic rings. The topological polar surface area (TPSA) is 43.8 Å². The fourth-order valence-corrected chi connectivity index (χ4v) is 1.63. The molecule has 3 heteroatoms. The smallest absolute Gasteiger partial charge is 0.200 e. The highest BCUT2D eigenvalue weighted by atomic mass is 15.1. The van der Waals surface area contributed by atoms with Crippen LogP contribution in [-0.2, 0) is 7.05 Å². The number of allylic oxidation sites excluding steroid dienone is 1. The van der Waals surface area contributed by atoms with Crippen molar-refractivity contribution in [2.45, 2.75) is 6.92 Å². The zero-order valence-corrected chi connectivity index (χ0v) is 8.36. The van der Waals surface area contributed by atoms with Crippen LogP contribution in [0, 0.1) is 0 Å². The van der Waals surface area contributed by atoms with Crippen LogP contribution in [0.2, 0.25) is 0 Å². The summed E-state index contributed by atoms with van der Waals surface area (Å²) in [4.78, 5) is 4.26. The standard InChI is InChI=1S/C11H13N3/c1-3-5-8-6-4-7-9-10(8)14(2)11(12)13-9/h3-7H,1-2H3,(H2,12,13)/b5-3+. The number of imidazole rings is 1. The molecule has 0 aliphatic heterocycles. The highest BCUT2D eigenvalue weighted by Crippen LogP contribution is 2.21. The van der Waals surface area contributed by atoms with Gasteiger partial charge >= 0.3 is 0 Å². The summed E-state index contributed by atoms with van der Waals surface area (Å²) in [5, 5.41) is 0. The average Bonchev–Trinajstić information content (AvgIpc) is 2.45. The fourth-order valence-electron chi connectivity index (χ4n) is 1.63. The van der Waals surface area contributed by atoms with Crippen molar-refractivity contribution in [1.82, 2.24) is 9.55 Å². The number of benzene rings is 1. The number of nitrogen functional groups attached to an aromatic ring is 1. The normalized spacial score (nSPS) is 11.6. The van der Waals surface area contributed by atoms with E-state index in [0.717, 1.165) is 16.6 Å². The lowest BCUT2D eigenvalue weighted by atomic mass is 10.1. The Morgan fingerprint density at radius 2 is 2.21 bits per heavy atom. The van der Waals surface area contributed by atoms with Crippen LogP contribution >= 0.6 is 0 Å². The van der Waals surface area contributed by atoms with E-state index in [1.807, 2.05) is 36.7 Å². The number of rotatable bonds is 1. The Kier molecular flexibility index (Phi) is 2.00. The van der Waals surface area contributed by atoms with Gasteiger partial charge in [0, 0.05) is 12.6 Å². The van der Waals surface area contributed by atoms with Gasteiger partial charge in [0.1, 0.15) is 0 Å². The maximum atomic E-state index is 5.75. The third-order valence-electron chi connectivity index (χ3n) is 2.31. The third-order valence-corrected chi connectivity index (χ3v) is 2.31. The molecule has 0 aliphatic rings. The molecule has 0 unspecified atom stereocenters. The number of hydrogen-bond donors (Lipinski definition) is 1. The van der Waals surface area contributed by atoms with Crippen LogP contribution in [0.1, 0.15) is 12.5 Å². The van der Waals surface area contributed by atoms with Crippen LogP contribution in [0.15, 0.2) is 24.3 Å². The van der Waals surface area contributed by atoms with Crippen molar-refractivity contribution in [3.63, 3.8) is 0 Å². The largest absolute Gasteiger partial charge is 0.369 e. The summed E-state index contributed by atoms with van der Waals surface area (Å²) in [7, 11) is 1.93. The number of nitrogens with zero attached hydrogens (tertiary/aromatic N) is 2. The minimum Gasteiger partial charge on any atom is -0.369 e. The number of aromatic nitrogens is 2. The Labute approximate surface area is 82.9 Å². The van der Waals surface area contributed by atoms with Crippen LogP contribution in [-0.4, -0.2) is 9.55 Å². The Balaban J connectivity index is 2.84. The van der Waals surface area contributed by atoms with Gasteiger partial charge in [0.15, 0.2) is 0 Å². The molecule has 1 heterocycles. The van der Waals surface area contributed by atoms with Gasteiger partial charge in [-0.3, -0.25) is 0 Å². The molecule has 0 amide bonds. The number of fused-ring (bicyclic) bond motifs is 1. The second kappa shape index (κ2) is 3.18. The van der Waals surface area contributed by atoms with E-state index in [1.54, 1.807) is 0 Å². The second-order valence-electron chi connectivity index (χ2n) is 3.24. The predicted octanol–water partition coefficient (Wildman–Crippen LogP) is 2.19. The van der Waals surface area contributed by atoms with Crippen molar-refractivity contribution in [2.75, 3.05) is 5.73 Å². The van der Waals surface area contributed by atoms with E-state index in [1.165, 1.54) is 0 Å². The lowest BCUT2D eigenvalue weighted by Gasteiger charge is -2.00. The molecule has 72 valence electrons. The Hall–Kier alpha value is -1.77. The van der Waals surface area contributed by atoms with Crippen molar-refractivity contribution in [3.8, 4) is 0 Å². The van der Waals surface area contributed by atoms with Crippen LogP contribution in [0.4, 0.5) is 5.95 Å². The summed E-state index contributed by atoms with van der Waals surface area (Å²) in [5.41, 5.74) is 8.93. The van der Waals surface area contributed by atoms with Crippen molar-refractivity contribution >= 4 is 23.1 Å². The number of aryl methyl sites for hydroxylation is 1. The number of nitrogens with two attached hydrogens (primary N) is 1. The van der Waals surface area contributed by atoms with Crippen LogP contribution < -0.4 is 5.73 Å². The highest BCUT2D eigenvalue weighted by Gasteiger charge is 2.06. The van der Waals surface area contributed by atoms with E-state index >= 15 is 0 Å². The summed E-state index contributed by atoms with van der Waals surface area (Å²) in [5.74, 6) is 0.553. The monoisotopic (exact) mass is 187 g/mol. The number of para-hydroxylation sites is 1. The van der Waals surface area contributed by atoms with Crippen molar-refractivity contribution in [3.05, 3.63) is 29.8 Å². The zero-order valence-electron chi connectivity index (χ0n) is 8.36. The molecular formula is C11H13N3. The van der Waals surface area contributed by atoms with Gasteiger partial charge in [0.2, 0.25) is 5.95 Å². The molecule has 0 atom stereocenters. The molecule has 0 saturated heterocycles. The van der Waals surface area contributed by atoms with Gasteiger partial charge in [-0.25, -0.2) is 4.98 Å². The van der Waals surface area contributed by atoms with E-state index in [2.05, 4.69) is 17.1 Å². The molecule has 2 rings (SSSR count). The first-order chi connectivity index (χ1) is 6.74. The van der Waals surface area contributed by atoms with E-state index < -0.39 is 0 Å². The van der Waals surface area contributed by atoms with Crippen molar-refractivity contribution in [2.24, 2.45) is 7.05 Å². The Morgan fingerprint density at radius 1 is 1.43 bits per heavy atom. The molecule has 1 aromatic carbocycles. The van der Waals surface area contributed by atoms with Gasteiger partial charge in [0.25, 0.3) is 0 Å². The van der Waals surface area contributed by atoms with E-state index in [0.29, 0.717) is 5.95 Å². The Bertz CT molecular complexity index is 494. The zero-order chi connectivity index (χ0) is 10.1. The van der Waals surface area contributed by atoms with Gasteiger partial charge in [-0.2, -0.15) is 0 Å². The number of anilines is 1.